The van der Waals surface area contributed by atoms with Gasteiger partial charge in [0, 0.05) is 11.6 Å². The highest BCUT2D eigenvalue weighted by Crippen LogP contribution is 2.27. The first kappa shape index (κ1) is 10.7. The summed E-state index contributed by atoms with van der Waals surface area (Å²) in [6, 6.07) is 5.47. The van der Waals surface area contributed by atoms with Gasteiger partial charge in [0.05, 0.1) is 4.92 Å². The minimum atomic E-state index is -0.667. The third-order valence-corrected chi connectivity index (χ3v) is 1.61. The van der Waals surface area contributed by atoms with Crippen molar-refractivity contribution in [2.24, 2.45) is 0 Å². The maximum absolute atomic E-state index is 10.6. The smallest absolute Gasteiger partial charge is 0.311 e. The molecular formula is C9H6N2O4. The molecular weight excluding hydrogens is 200 g/mol. The molecule has 0 N–H and O–H groups in total. The van der Waals surface area contributed by atoms with E-state index in [0.717, 1.165) is 6.07 Å². The van der Waals surface area contributed by atoms with Crippen molar-refractivity contribution < 1.29 is 14.5 Å². The number of carbonyl (C=O) groups excluding carboxylic acids is 1. The fourth-order valence-corrected chi connectivity index (χ4v) is 0.982. The van der Waals surface area contributed by atoms with Crippen molar-refractivity contribution in [3.8, 4) is 11.8 Å². The van der Waals surface area contributed by atoms with Crippen molar-refractivity contribution in [3.63, 3.8) is 0 Å². The monoisotopic (exact) mass is 206 g/mol. The SMILES string of the molecule is N#CCOc1ccc(C=O)cc1[N+](=O)[O-]. The van der Waals surface area contributed by atoms with Crippen LogP contribution in [-0.4, -0.2) is 17.8 Å². The molecule has 0 heterocycles. The van der Waals surface area contributed by atoms with Crippen molar-refractivity contribution in [3.05, 3.63) is 33.9 Å². The Morgan fingerprint density at radius 2 is 2.33 bits per heavy atom. The summed E-state index contributed by atoms with van der Waals surface area (Å²) >= 11 is 0. The van der Waals surface area contributed by atoms with E-state index in [1.165, 1.54) is 12.1 Å². The highest BCUT2D eigenvalue weighted by atomic mass is 16.6. The lowest BCUT2D eigenvalue weighted by Gasteiger charge is -2.02. The summed E-state index contributed by atoms with van der Waals surface area (Å²) < 4.78 is 4.83. The van der Waals surface area contributed by atoms with E-state index in [1.807, 2.05) is 0 Å². The molecule has 1 rings (SSSR count). The van der Waals surface area contributed by atoms with Crippen LogP contribution < -0.4 is 4.74 Å². The Morgan fingerprint density at radius 3 is 2.87 bits per heavy atom. The Labute approximate surface area is 84.8 Å². The Kier molecular flexibility index (Phi) is 3.35. The summed E-state index contributed by atoms with van der Waals surface area (Å²) in [6.07, 6.45) is 0.501. The highest BCUT2D eigenvalue weighted by Gasteiger charge is 2.15. The first-order valence-electron chi connectivity index (χ1n) is 3.92. The third kappa shape index (κ3) is 2.51. The second-order valence-electron chi connectivity index (χ2n) is 2.55. The highest BCUT2D eigenvalue weighted by molar-refractivity contribution is 5.77. The summed E-state index contributed by atoms with van der Waals surface area (Å²) in [5, 5.41) is 18.8. The van der Waals surface area contributed by atoms with Gasteiger partial charge in [-0.25, -0.2) is 0 Å². The van der Waals surface area contributed by atoms with E-state index in [4.69, 9.17) is 10.00 Å². The number of benzene rings is 1. The van der Waals surface area contributed by atoms with Gasteiger partial charge in [0.2, 0.25) is 0 Å². The molecule has 1 aromatic rings. The third-order valence-electron chi connectivity index (χ3n) is 1.61. The molecule has 0 unspecified atom stereocenters. The Balaban J connectivity index is 3.10. The average molecular weight is 206 g/mol. The molecule has 0 fully saturated rings. The Morgan fingerprint density at radius 1 is 1.60 bits per heavy atom. The summed E-state index contributed by atoms with van der Waals surface area (Å²) in [7, 11) is 0. The van der Waals surface area contributed by atoms with Gasteiger partial charge in [-0.2, -0.15) is 5.26 Å². The van der Waals surface area contributed by atoms with Crippen molar-refractivity contribution >= 4 is 12.0 Å². The molecule has 6 nitrogen and oxygen atoms in total. The Hall–Kier alpha value is -2.42. The second-order valence-corrected chi connectivity index (χ2v) is 2.55. The van der Waals surface area contributed by atoms with Crippen LogP contribution in [0.3, 0.4) is 0 Å². The molecule has 0 atom stereocenters. The molecule has 0 aliphatic carbocycles. The van der Waals surface area contributed by atoms with Crippen LogP contribution in [-0.2, 0) is 0 Å². The van der Waals surface area contributed by atoms with Crippen LogP contribution in [0.15, 0.2) is 18.2 Å². The van der Waals surface area contributed by atoms with Gasteiger partial charge in [0.15, 0.2) is 12.4 Å². The predicted molar refractivity (Wildman–Crippen MR) is 49.6 cm³/mol. The zero-order valence-corrected chi connectivity index (χ0v) is 7.54. The van der Waals surface area contributed by atoms with Gasteiger partial charge < -0.3 is 4.74 Å². The molecule has 6 heteroatoms. The standard InChI is InChI=1S/C9H6N2O4/c10-3-4-15-9-2-1-7(6-12)5-8(9)11(13)14/h1-2,5-6H,4H2. The number of carbonyl (C=O) groups is 1. The number of rotatable bonds is 4. The van der Waals surface area contributed by atoms with Gasteiger partial charge in [0.1, 0.15) is 12.4 Å². The second kappa shape index (κ2) is 4.72. The zero-order chi connectivity index (χ0) is 11.3. The first-order chi connectivity index (χ1) is 7.19. The normalized spacial score (nSPS) is 9.00. The molecule has 0 spiro atoms. The van der Waals surface area contributed by atoms with Gasteiger partial charge in [0.25, 0.3) is 0 Å². The largest absolute Gasteiger partial charge is 0.472 e. The molecule has 76 valence electrons. The number of nitrogens with zero attached hydrogens (tertiary/aromatic N) is 2. The molecule has 0 bridgehead atoms. The number of hydrogen-bond acceptors (Lipinski definition) is 5. The number of nitriles is 1. The van der Waals surface area contributed by atoms with Gasteiger partial charge in [-0.05, 0) is 12.1 Å². The first-order valence-corrected chi connectivity index (χ1v) is 3.92. The van der Waals surface area contributed by atoms with E-state index in [9.17, 15) is 14.9 Å². The number of aldehydes is 1. The van der Waals surface area contributed by atoms with Gasteiger partial charge in [-0.15, -0.1) is 0 Å². The zero-order valence-electron chi connectivity index (χ0n) is 7.54. The molecule has 0 aromatic heterocycles. The Bertz CT molecular complexity index is 436. The molecule has 1 aromatic carbocycles. The van der Waals surface area contributed by atoms with Crippen LogP contribution >= 0.6 is 0 Å². The van der Waals surface area contributed by atoms with Crippen LogP contribution in [0.1, 0.15) is 10.4 Å². The predicted octanol–water partition coefficient (Wildman–Crippen LogP) is 1.31. The van der Waals surface area contributed by atoms with Gasteiger partial charge in [-0.1, -0.05) is 0 Å². The number of nitro benzene ring substituents is 1. The molecule has 0 radical (unpaired) electrons. The summed E-state index contributed by atoms with van der Waals surface area (Å²) in [5.41, 5.74) is -0.138. The lowest BCUT2D eigenvalue weighted by Crippen LogP contribution is -1.99. The van der Waals surface area contributed by atoms with E-state index in [1.54, 1.807) is 6.07 Å². The summed E-state index contributed by atoms with van der Waals surface area (Å²) in [4.78, 5) is 20.3. The fourth-order valence-electron chi connectivity index (χ4n) is 0.982. The van der Waals surface area contributed by atoms with E-state index in [0.29, 0.717) is 6.29 Å². The molecule has 0 saturated heterocycles. The van der Waals surface area contributed by atoms with E-state index in [-0.39, 0.29) is 23.6 Å². The minimum absolute atomic E-state index is 0.0212. The topological polar surface area (TPSA) is 93.2 Å². The molecule has 0 saturated carbocycles. The maximum Gasteiger partial charge on any atom is 0.311 e. The lowest BCUT2D eigenvalue weighted by molar-refractivity contribution is -0.385. The van der Waals surface area contributed by atoms with E-state index < -0.39 is 4.92 Å². The van der Waals surface area contributed by atoms with Crippen LogP contribution in [0.25, 0.3) is 0 Å². The van der Waals surface area contributed by atoms with E-state index >= 15 is 0 Å². The molecule has 0 amide bonds. The van der Waals surface area contributed by atoms with E-state index in [2.05, 4.69) is 0 Å². The summed E-state index contributed by atoms with van der Waals surface area (Å²) in [5.74, 6) is -0.0212. The average Bonchev–Trinajstić information content (AvgIpc) is 2.26. The molecule has 15 heavy (non-hydrogen) atoms. The van der Waals surface area contributed by atoms with Crippen LogP contribution in [0, 0.1) is 21.4 Å². The van der Waals surface area contributed by atoms with Crippen molar-refractivity contribution in [1.29, 1.82) is 5.26 Å². The minimum Gasteiger partial charge on any atom is -0.472 e. The number of ether oxygens (including phenoxy) is 1. The summed E-state index contributed by atoms with van der Waals surface area (Å²) in [6.45, 7) is -0.277. The van der Waals surface area contributed by atoms with Crippen molar-refractivity contribution in [1.82, 2.24) is 0 Å². The molecule has 0 aliphatic rings. The molecule has 0 aliphatic heterocycles. The number of nitro groups is 1. The van der Waals surface area contributed by atoms with Crippen LogP contribution in [0.2, 0.25) is 0 Å². The van der Waals surface area contributed by atoms with Gasteiger partial charge in [-0.3, -0.25) is 14.9 Å². The maximum atomic E-state index is 10.6. The van der Waals surface area contributed by atoms with Gasteiger partial charge >= 0.3 is 5.69 Å². The lowest BCUT2D eigenvalue weighted by atomic mass is 10.2. The number of hydrogen-bond donors (Lipinski definition) is 0. The van der Waals surface area contributed by atoms with Crippen LogP contribution in [0.5, 0.6) is 5.75 Å². The van der Waals surface area contributed by atoms with Crippen molar-refractivity contribution in [2.45, 2.75) is 0 Å². The fraction of sp³-hybridized carbons (Fsp3) is 0.111. The van der Waals surface area contributed by atoms with Crippen molar-refractivity contribution in [2.75, 3.05) is 6.61 Å². The quantitative estimate of drug-likeness (QED) is 0.420. The van der Waals surface area contributed by atoms with Crippen LogP contribution in [0.4, 0.5) is 5.69 Å².